The highest BCUT2D eigenvalue weighted by Gasteiger charge is 2.31. The van der Waals surface area contributed by atoms with Gasteiger partial charge in [-0.15, -0.1) is 0 Å². The SMILES string of the molecule is COc1cccc2c1CCCC2C(O)[NH+](C)C.[Cl-]. The van der Waals surface area contributed by atoms with E-state index in [2.05, 4.69) is 6.07 Å². The molecule has 1 aromatic carbocycles. The maximum atomic E-state index is 10.3. The zero-order valence-corrected chi connectivity index (χ0v) is 12.0. The number of fused-ring (bicyclic) bond motifs is 1. The molecule has 2 rings (SSSR count). The Balaban J connectivity index is 0.00000162. The number of ether oxygens (including phenoxy) is 1. The molecule has 0 saturated carbocycles. The third kappa shape index (κ3) is 2.79. The number of rotatable bonds is 3. The Morgan fingerprint density at radius 1 is 1.39 bits per heavy atom. The van der Waals surface area contributed by atoms with Gasteiger partial charge in [0.2, 0.25) is 0 Å². The number of quaternary nitrogens is 1. The van der Waals surface area contributed by atoms with Gasteiger partial charge in [0.25, 0.3) is 0 Å². The van der Waals surface area contributed by atoms with Crippen molar-refractivity contribution in [1.82, 2.24) is 0 Å². The van der Waals surface area contributed by atoms with E-state index < -0.39 is 0 Å². The monoisotopic (exact) mass is 271 g/mol. The van der Waals surface area contributed by atoms with Gasteiger partial charge in [0.05, 0.1) is 27.1 Å². The molecule has 102 valence electrons. The number of hydrogen-bond donors (Lipinski definition) is 2. The highest BCUT2D eigenvalue weighted by molar-refractivity contribution is 5.43. The van der Waals surface area contributed by atoms with E-state index in [0.717, 1.165) is 29.9 Å². The van der Waals surface area contributed by atoms with Crippen LogP contribution < -0.4 is 22.0 Å². The van der Waals surface area contributed by atoms with Crippen molar-refractivity contribution in [3.63, 3.8) is 0 Å². The highest BCUT2D eigenvalue weighted by Crippen LogP contribution is 2.37. The molecule has 2 atom stereocenters. The molecule has 1 aromatic rings. The minimum absolute atomic E-state index is 0. The topological polar surface area (TPSA) is 33.9 Å². The Labute approximate surface area is 115 Å². The maximum absolute atomic E-state index is 10.3. The number of aliphatic hydroxyl groups excluding tert-OH is 1. The molecule has 0 aromatic heterocycles. The van der Waals surface area contributed by atoms with Crippen LogP contribution in [0.5, 0.6) is 5.75 Å². The van der Waals surface area contributed by atoms with Crippen LogP contribution in [0.3, 0.4) is 0 Å². The first kappa shape index (κ1) is 15.3. The fourth-order valence-electron chi connectivity index (χ4n) is 2.77. The van der Waals surface area contributed by atoms with Gasteiger partial charge in [0.15, 0.2) is 6.23 Å². The fourth-order valence-corrected chi connectivity index (χ4v) is 2.77. The Kier molecular flexibility index (Phi) is 5.45. The summed E-state index contributed by atoms with van der Waals surface area (Å²) in [4.78, 5) is 1.09. The summed E-state index contributed by atoms with van der Waals surface area (Å²) in [7, 11) is 5.71. The van der Waals surface area contributed by atoms with Crippen LogP contribution >= 0.6 is 0 Å². The van der Waals surface area contributed by atoms with Gasteiger partial charge in [-0.2, -0.15) is 0 Å². The normalized spacial score (nSPS) is 19.9. The maximum Gasteiger partial charge on any atom is 0.195 e. The molecule has 2 N–H and O–H groups in total. The van der Waals surface area contributed by atoms with Crippen molar-refractivity contribution in [1.29, 1.82) is 0 Å². The lowest BCUT2D eigenvalue weighted by Crippen LogP contribution is -3.10. The number of halogens is 1. The molecule has 18 heavy (non-hydrogen) atoms. The van der Waals surface area contributed by atoms with Gasteiger partial charge in [-0.1, -0.05) is 12.1 Å². The summed E-state index contributed by atoms with van der Waals surface area (Å²) in [5.74, 6) is 1.20. The lowest BCUT2D eigenvalue weighted by Gasteiger charge is -2.31. The predicted octanol–water partition coefficient (Wildman–Crippen LogP) is -2.42. The molecule has 0 bridgehead atoms. The van der Waals surface area contributed by atoms with Crippen LogP contribution in [0.1, 0.15) is 29.9 Å². The summed E-state index contributed by atoms with van der Waals surface area (Å²) >= 11 is 0. The standard InChI is InChI=1S/C14H21NO2.ClH/c1-15(2)14(16)12-8-4-7-11-10(12)6-5-9-13(11)17-3;/h5-6,9,12,14,16H,4,7-8H2,1-3H3;1H. The van der Waals surface area contributed by atoms with Crippen LogP contribution in [0.2, 0.25) is 0 Å². The van der Waals surface area contributed by atoms with Crippen molar-refractivity contribution in [2.24, 2.45) is 0 Å². The van der Waals surface area contributed by atoms with Crippen LogP contribution in [0.4, 0.5) is 0 Å². The molecular formula is C14H22ClNO2. The van der Waals surface area contributed by atoms with Crippen molar-refractivity contribution >= 4 is 0 Å². The van der Waals surface area contributed by atoms with Crippen molar-refractivity contribution in [3.05, 3.63) is 29.3 Å². The fraction of sp³-hybridized carbons (Fsp3) is 0.571. The van der Waals surface area contributed by atoms with Gasteiger partial charge >= 0.3 is 0 Å². The van der Waals surface area contributed by atoms with Gasteiger partial charge in [-0.3, -0.25) is 0 Å². The largest absolute Gasteiger partial charge is 1.00 e. The van der Waals surface area contributed by atoms with Gasteiger partial charge in [-0.25, -0.2) is 0 Å². The van der Waals surface area contributed by atoms with Crippen LogP contribution in [-0.2, 0) is 6.42 Å². The first-order valence-corrected chi connectivity index (χ1v) is 6.29. The van der Waals surface area contributed by atoms with Gasteiger partial charge < -0.3 is 27.2 Å². The summed E-state index contributed by atoms with van der Waals surface area (Å²) in [6.07, 6.45) is 2.92. The second-order valence-electron chi connectivity index (χ2n) is 5.05. The number of aliphatic hydroxyl groups is 1. The van der Waals surface area contributed by atoms with Crippen molar-refractivity contribution in [3.8, 4) is 5.75 Å². The van der Waals surface area contributed by atoms with E-state index in [1.54, 1.807) is 7.11 Å². The van der Waals surface area contributed by atoms with E-state index in [1.807, 2.05) is 26.2 Å². The third-order valence-corrected chi connectivity index (χ3v) is 3.70. The Hall–Kier alpha value is -0.770. The molecule has 3 nitrogen and oxygen atoms in total. The van der Waals surface area contributed by atoms with Crippen molar-refractivity contribution in [2.75, 3.05) is 21.2 Å². The van der Waals surface area contributed by atoms with Crippen molar-refractivity contribution in [2.45, 2.75) is 31.4 Å². The lowest BCUT2D eigenvalue weighted by molar-refractivity contribution is -0.912. The summed E-state index contributed by atoms with van der Waals surface area (Å²) < 4.78 is 5.41. The molecule has 0 amide bonds. The van der Waals surface area contributed by atoms with Crippen molar-refractivity contribution < 1.29 is 27.2 Å². The van der Waals surface area contributed by atoms with E-state index in [0.29, 0.717) is 0 Å². The molecule has 0 aliphatic heterocycles. The van der Waals surface area contributed by atoms with Gasteiger partial charge in [0.1, 0.15) is 5.75 Å². The summed E-state index contributed by atoms with van der Waals surface area (Å²) in [6, 6.07) is 6.16. The van der Waals surface area contributed by atoms with E-state index in [4.69, 9.17) is 4.74 Å². The van der Waals surface area contributed by atoms with E-state index in [1.165, 1.54) is 11.1 Å². The smallest absolute Gasteiger partial charge is 0.195 e. The summed E-state index contributed by atoms with van der Waals surface area (Å²) in [5, 5.41) is 10.3. The van der Waals surface area contributed by atoms with E-state index in [-0.39, 0.29) is 24.6 Å². The summed E-state index contributed by atoms with van der Waals surface area (Å²) in [5.41, 5.74) is 2.55. The van der Waals surface area contributed by atoms with Gasteiger partial charge in [-0.05, 0) is 36.5 Å². The minimum atomic E-state index is -0.332. The average molecular weight is 272 g/mol. The van der Waals surface area contributed by atoms with E-state index >= 15 is 0 Å². The molecule has 1 aliphatic rings. The molecule has 4 heteroatoms. The van der Waals surface area contributed by atoms with Crippen LogP contribution in [0.15, 0.2) is 18.2 Å². The first-order chi connectivity index (χ1) is 8.15. The third-order valence-electron chi connectivity index (χ3n) is 3.70. The number of methoxy groups -OCH3 is 1. The number of nitrogens with one attached hydrogen (secondary N) is 1. The highest BCUT2D eigenvalue weighted by atomic mass is 35.5. The summed E-state index contributed by atoms with van der Waals surface area (Å²) in [6.45, 7) is 0. The lowest BCUT2D eigenvalue weighted by atomic mass is 9.81. The molecule has 0 radical (unpaired) electrons. The van der Waals surface area contributed by atoms with Gasteiger partial charge in [0, 0.05) is 0 Å². The predicted molar refractivity (Wildman–Crippen MR) is 67.5 cm³/mol. The molecule has 0 spiro atoms. The average Bonchev–Trinajstić information content (AvgIpc) is 2.36. The molecule has 1 aliphatic carbocycles. The number of benzene rings is 1. The second kappa shape index (κ2) is 6.41. The molecular weight excluding hydrogens is 250 g/mol. The number of likely N-dealkylation sites (N-methyl/N-ethyl adjacent to an activating group) is 1. The Bertz CT molecular complexity index is 395. The Morgan fingerprint density at radius 2 is 2.11 bits per heavy atom. The zero-order valence-electron chi connectivity index (χ0n) is 11.2. The first-order valence-electron chi connectivity index (χ1n) is 6.29. The van der Waals surface area contributed by atoms with Crippen LogP contribution in [0.25, 0.3) is 0 Å². The zero-order chi connectivity index (χ0) is 12.4. The molecule has 0 heterocycles. The Morgan fingerprint density at radius 3 is 2.72 bits per heavy atom. The van der Waals surface area contributed by atoms with Crippen LogP contribution in [0, 0.1) is 0 Å². The van der Waals surface area contributed by atoms with Crippen LogP contribution in [-0.4, -0.2) is 32.5 Å². The molecule has 0 fully saturated rings. The molecule has 0 saturated heterocycles. The minimum Gasteiger partial charge on any atom is -1.00 e. The quantitative estimate of drug-likeness (QED) is 0.600. The van der Waals surface area contributed by atoms with E-state index in [9.17, 15) is 5.11 Å². The molecule has 2 unspecified atom stereocenters. The number of hydrogen-bond acceptors (Lipinski definition) is 2. The second-order valence-corrected chi connectivity index (χ2v) is 5.05.